The fourth-order valence-electron chi connectivity index (χ4n) is 3.38. The molecule has 4 rings (SSSR count). The van der Waals surface area contributed by atoms with E-state index in [4.69, 9.17) is 0 Å². The minimum Gasteiger partial charge on any atom is -0.348 e. The number of pyridine rings is 1. The van der Waals surface area contributed by atoms with E-state index in [9.17, 15) is 22.4 Å². The van der Waals surface area contributed by atoms with Crippen LogP contribution in [-0.4, -0.2) is 30.5 Å². The summed E-state index contributed by atoms with van der Waals surface area (Å²) in [4.78, 5) is 16.9. The molecule has 1 amide bonds. The van der Waals surface area contributed by atoms with Crippen molar-refractivity contribution in [2.24, 2.45) is 0 Å². The van der Waals surface area contributed by atoms with Crippen LogP contribution >= 0.6 is 0 Å². The van der Waals surface area contributed by atoms with Crippen molar-refractivity contribution >= 4 is 5.91 Å². The predicted molar refractivity (Wildman–Crippen MR) is 111 cm³/mol. The molecule has 1 aromatic carbocycles. The Kier molecular flexibility index (Phi) is 5.71. The first-order valence-electron chi connectivity index (χ1n) is 9.82. The molecule has 33 heavy (non-hydrogen) atoms. The fourth-order valence-corrected chi connectivity index (χ4v) is 3.38. The van der Waals surface area contributed by atoms with Crippen molar-refractivity contribution in [3.8, 4) is 11.5 Å². The first-order chi connectivity index (χ1) is 15.6. The van der Waals surface area contributed by atoms with Crippen molar-refractivity contribution in [3.63, 3.8) is 0 Å². The number of alkyl halides is 3. The number of hydrogen-bond acceptors (Lipinski definition) is 4. The van der Waals surface area contributed by atoms with Gasteiger partial charge in [0.1, 0.15) is 11.5 Å². The van der Waals surface area contributed by atoms with Crippen LogP contribution in [0.3, 0.4) is 0 Å². The Morgan fingerprint density at radius 1 is 1.06 bits per heavy atom. The number of amides is 1. The number of rotatable bonds is 5. The molecule has 1 N–H and O–H groups in total. The van der Waals surface area contributed by atoms with Gasteiger partial charge in [-0.2, -0.15) is 23.4 Å². The van der Waals surface area contributed by atoms with Gasteiger partial charge in [-0.15, -0.1) is 0 Å². The maximum atomic E-state index is 14.1. The molecule has 11 heteroatoms. The van der Waals surface area contributed by atoms with Crippen LogP contribution in [0.5, 0.6) is 0 Å². The van der Waals surface area contributed by atoms with Crippen LogP contribution in [0.25, 0.3) is 11.5 Å². The highest BCUT2D eigenvalue weighted by Crippen LogP contribution is 2.34. The summed E-state index contributed by atoms with van der Waals surface area (Å²) in [6.45, 7) is 3.68. The molecule has 0 aliphatic carbocycles. The van der Waals surface area contributed by atoms with Gasteiger partial charge in [-0.05, 0) is 43.7 Å². The fraction of sp³-hybridized carbons (Fsp3) is 0.182. The number of halogens is 4. The molecule has 0 fully saturated rings. The number of carbonyl (C=O) groups excluding carboxylic acids is 1. The van der Waals surface area contributed by atoms with Crippen molar-refractivity contribution in [2.45, 2.75) is 26.6 Å². The molecule has 170 valence electrons. The van der Waals surface area contributed by atoms with Gasteiger partial charge in [-0.25, -0.2) is 18.7 Å². The van der Waals surface area contributed by atoms with E-state index >= 15 is 0 Å². The van der Waals surface area contributed by atoms with Gasteiger partial charge >= 0.3 is 6.18 Å². The quantitative estimate of drug-likeness (QED) is 0.456. The molecule has 7 nitrogen and oxygen atoms in total. The van der Waals surface area contributed by atoms with Crippen molar-refractivity contribution in [2.75, 3.05) is 0 Å². The number of para-hydroxylation sites is 1. The van der Waals surface area contributed by atoms with Crippen LogP contribution in [0.2, 0.25) is 0 Å². The van der Waals surface area contributed by atoms with Gasteiger partial charge in [0, 0.05) is 18.4 Å². The third-order valence-electron chi connectivity index (χ3n) is 4.85. The van der Waals surface area contributed by atoms with Crippen LogP contribution < -0.4 is 5.32 Å². The van der Waals surface area contributed by atoms with Crippen LogP contribution in [-0.2, 0) is 12.7 Å². The Labute approximate surface area is 185 Å². The number of nitrogens with one attached hydrogen (secondary N) is 1. The minimum absolute atomic E-state index is 0.0641. The monoisotopic (exact) mass is 458 g/mol. The van der Waals surface area contributed by atoms with Crippen molar-refractivity contribution < 1.29 is 22.4 Å². The molecule has 0 bridgehead atoms. The molecule has 0 aliphatic heterocycles. The van der Waals surface area contributed by atoms with Gasteiger partial charge in [0.15, 0.2) is 11.5 Å². The van der Waals surface area contributed by atoms with E-state index in [-0.39, 0.29) is 6.54 Å². The molecule has 3 aromatic heterocycles. The summed E-state index contributed by atoms with van der Waals surface area (Å²) >= 11 is 0. The van der Waals surface area contributed by atoms with Gasteiger partial charge in [0.2, 0.25) is 0 Å². The summed E-state index contributed by atoms with van der Waals surface area (Å²) < 4.78 is 57.3. The largest absolute Gasteiger partial charge is 0.434 e. The van der Waals surface area contributed by atoms with Crippen LogP contribution in [0.1, 0.15) is 33.0 Å². The van der Waals surface area contributed by atoms with Crippen molar-refractivity contribution in [1.82, 2.24) is 29.9 Å². The summed E-state index contributed by atoms with van der Waals surface area (Å²) in [5.74, 6) is -1.32. The van der Waals surface area contributed by atoms with Crippen LogP contribution in [0, 0.1) is 19.7 Å². The second-order valence-corrected chi connectivity index (χ2v) is 7.31. The number of benzene rings is 1. The zero-order valence-electron chi connectivity index (χ0n) is 17.6. The SMILES string of the molecule is Cc1cc(C)n(-c2ccc(CNC(=O)c3cnn(-c4ccccc4F)c3C(F)(F)F)cn2)n1. The average molecular weight is 458 g/mol. The molecule has 0 aliphatic rings. The molecule has 0 atom stereocenters. The maximum Gasteiger partial charge on any atom is 0.434 e. The minimum atomic E-state index is -4.94. The zero-order valence-corrected chi connectivity index (χ0v) is 17.6. The van der Waals surface area contributed by atoms with Gasteiger partial charge in [0.05, 0.1) is 17.5 Å². The summed E-state index contributed by atoms with van der Waals surface area (Å²) in [5, 5.41) is 10.4. The predicted octanol–water partition coefficient (Wildman–Crippen LogP) is 4.16. The normalized spacial score (nSPS) is 11.6. The van der Waals surface area contributed by atoms with Gasteiger partial charge in [0.25, 0.3) is 5.91 Å². The molecule has 4 aromatic rings. The lowest BCUT2D eigenvalue weighted by Crippen LogP contribution is -2.26. The Hall–Kier alpha value is -4.02. The summed E-state index contributed by atoms with van der Waals surface area (Å²) in [6.07, 6.45) is -2.66. The average Bonchev–Trinajstić information content (AvgIpc) is 3.36. The zero-order chi connectivity index (χ0) is 23.8. The third kappa shape index (κ3) is 4.47. The van der Waals surface area contributed by atoms with Gasteiger partial charge in [-0.1, -0.05) is 18.2 Å². The van der Waals surface area contributed by atoms with Crippen LogP contribution in [0.15, 0.2) is 54.9 Å². The summed E-state index contributed by atoms with van der Waals surface area (Å²) in [5.41, 5.74) is -0.174. The number of aromatic nitrogens is 5. The Morgan fingerprint density at radius 2 is 1.82 bits per heavy atom. The number of nitrogens with zero attached hydrogens (tertiary/aromatic N) is 5. The summed E-state index contributed by atoms with van der Waals surface area (Å²) in [6, 6.07) is 10.2. The molecule has 0 saturated carbocycles. The maximum absolute atomic E-state index is 14.1. The molecular weight excluding hydrogens is 440 g/mol. The number of aryl methyl sites for hydroxylation is 2. The van der Waals surface area contributed by atoms with E-state index in [0.29, 0.717) is 16.1 Å². The molecule has 3 heterocycles. The Bertz CT molecular complexity index is 1310. The van der Waals surface area contributed by atoms with Gasteiger partial charge < -0.3 is 5.32 Å². The van der Waals surface area contributed by atoms with E-state index in [1.165, 1.54) is 18.3 Å². The topological polar surface area (TPSA) is 77.6 Å². The van der Waals surface area contributed by atoms with Crippen molar-refractivity contribution in [3.05, 3.63) is 88.9 Å². The smallest absolute Gasteiger partial charge is 0.348 e. The molecule has 0 spiro atoms. The standard InChI is InChI=1S/C22H18F4N6O/c1-13-9-14(2)31(30-13)19-8-7-15(10-27-19)11-28-21(33)16-12-29-32(20(16)22(24,25)26)18-6-4-3-5-17(18)23/h3-10,12H,11H2,1-2H3,(H,28,33). The Balaban J connectivity index is 1.54. The highest BCUT2D eigenvalue weighted by Gasteiger charge is 2.41. The second kappa shape index (κ2) is 8.49. The van der Waals surface area contributed by atoms with E-state index in [1.54, 1.807) is 16.8 Å². The molecular formula is C22H18F4N6O. The lowest BCUT2D eigenvalue weighted by Gasteiger charge is -2.13. The first-order valence-corrected chi connectivity index (χ1v) is 9.82. The lowest BCUT2D eigenvalue weighted by molar-refractivity contribution is -0.143. The number of hydrogen-bond donors (Lipinski definition) is 1. The highest BCUT2D eigenvalue weighted by atomic mass is 19.4. The van der Waals surface area contributed by atoms with E-state index in [1.807, 2.05) is 19.9 Å². The first kappa shape index (κ1) is 22.2. The van der Waals surface area contributed by atoms with E-state index in [0.717, 1.165) is 29.7 Å². The third-order valence-corrected chi connectivity index (χ3v) is 4.85. The second-order valence-electron chi connectivity index (χ2n) is 7.31. The van der Waals surface area contributed by atoms with E-state index in [2.05, 4.69) is 20.5 Å². The lowest BCUT2D eigenvalue weighted by atomic mass is 10.2. The summed E-state index contributed by atoms with van der Waals surface area (Å²) in [7, 11) is 0. The Morgan fingerprint density at radius 3 is 2.42 bits per heavy atom. The highest BCUT2D eigenvalue weighted by molar-refractivity contribution is 5.95. The molecule has 0 saturated heterocycles. The van der Waals surface area contributed by atoms with Crippen molar-refractivity contribution in [1.29, 1.82) is 0 Å². The van der Waals surface area contributed by atoms with Gasteiger partial charge in [-0.3, -0.25) is 4.79 Å². The number of carbonyl (C=O) groups is 1. The van der Waals surface area contributed by atoms with Crippen LogP contribution in [0.4, 0.5) is 17.6 Å². The van der Waals surface area contributed by atoms with E-state index < -0.39 is 34.8 Å². The molecule has 0 radical (unpaired) electrons. The molecule has 0 unspecified atom stereocenters.